The van der Waals surface area contributed by atoms with Crippen LogP contribution in [0.3, 0.4) is 0 Å². The molecule has 2 aromatic rings. The van der Waals surface area contributed by atoms with E-state index in [1.807, 2.05) is 18.2 Å². The number of aliphatic hydroxyl groups is 1. The normalized spacial score (nSPS) is 18.0. The van der Waals surface area contributed by atoms with Gasteiger partial charge in [0.2, 0.25) is 0 Å². The number of hydrogen-bond donors (Lipinski definition) is 2. The molecule has 0 aliphatic carbocycles. The first-order valence-electron chi connectivity index (χ1n) is 8.44. The van der Waals surface area contributed by atoms with Gasteiger partial charge in [0.05, 0.1) is 0 Å². The largest absolute Gasteiger partial charge is 0.508 e. The average molecular weight is 311 g/mol. The van der Waals surface area contributed by atoms with Crippen molar-refractivity contribution >= 4 is 0 Å². The van der Waals surface area contributed by atoms with E-state index in [1.54, 1.807) is 12.1 Å². The van der Waals surface area contributed by atoms with E-state index < -0.39 is 0 Å². The molecule has 2 aromatic carbocycles. The second-order valence-electron chi connectivity index (χ2n) is 6.46. The number of nitrogens with zero attached hydrogens (tertiary/aromatic N) is 1. The van der Waals surface area contributed by atoms with Gasteiger partial charge in [0.25, 0.3) is 0 Å². The van der Waals surface area contributed by atoms with Crippen molar-refractivity contribution < 1.29 is 10.2 Å². The topological polar surface area (TPSA) is 43.7 Å². The summed E-state index contributed by atoms with van der Waals surface area (Å²) < 4.78 is 0. The Morgan fingerprint density at radius 2 is 1.61 bits per heavy atom. The van der Waals surface area contributed by atoms with Gasteiger partial charge in [-0.2, -0.15) is 0 Å². The summed E-state index contributed by atoms with van der Waals surface area (Å²) in [6, 6.07) is 18.5. The van der Waals surface area contributed by atoms with Gasteiger partial charge in [-0.05, 0) is 61.5 Å². The predicted octanol–water partition coefficient (Wildman–Crippen LogP) is 3.38. The Labute approximate surface area is 138 Å². The Bertz CT molecular complexity index is 589. The third-order valence-electron chi connectivity index (χ3n) is 4.90. The number of benzene rings is 2. The smallest absolute Gasteiger partial charge is 0.115 e. The van der Waals surface area contributed by atoms with Crippen LogP contribution in [-0.4, -0.2) is 34.8 Å². The molecule has 23 heavy (non-hydrogen) atoms. The number of hydrogen-bond acceptors (Lipinski definition) is 3. The van der Waals surface area contributed by atoms with E-state index in [-0.39, 0.29) is 0 Å². The number of phenols is 1. The molecule has 3 nitrogen and oxygen atoms in total. The zero-order valence-electron chi connectivity index (χ0n) is 13.4. The molecule has 0 saturated carbocycles. The van der Waals surface area contributed by atoms with Gasteiger partial charge in [-0.3, -0.25) is 4.90 Å². The van der Waals surface area contributed by atoms with Gasteiger partial charge < -0.3 is 10.2 Å². The fourth-order valence-electron chi connectivity index (χ4n) is 3.44. The zero-order valence-corrected chi connectivity index (χ0v) is 13.4. The van der Waals surface area contributed by atoms with Crippen LogP contribution in [0.2, 0.25) is 0 Å². The van der Waals surface area contributed by atoms with Crippen molar-refractivity contribution in [3.63, 3.8) is 0 Å². The van der Waals surface area contributed by atoms with Crippen LogP contribution in [0.4, 0.5) is 0 Å². The highest BCUT2D eigenvalue weighted by atomic mass is 16.3. The minimum absolute atomic E-state index is 0.302. The van der Waals surface area contributed by atoms with Crippen molar-refractivity contribution in [2.45, 2.75) is 25.3 Å². The van der Waals surface area contributed by atoms with E-state index in [4.69, 9.17) is 0 Å². The Balaban J connectivity index is 1.80. The summed E-state index contributed by atoms with van der Waals surface area (Å²) in [6.07, 6.45) is 3.08. The zero-order chi connectivity index (χ0) is 16.1. The lowest BCUT2D eigenvalue weighted by atomic mass is 9.92. The van der Waals surface area contributed by atoms with Crippen LogP contribution >= 0.6 is 0 Å². The molecule has 122 valence electrons. The van der Waals surface area contributed by atoms with Crippen LogP contribution in [-0.2, 0) is 6.42 Å². The maximum atomic E-state index is 9.56. The van der Waals surface area contributed by atoms with Gasteiger partial charge in [0, 0.05) is 12.6 Å². The summed E-state index contributed by atoms with van der Waals surface area (Å²) in [5, 5.41) is 18.9. The molecule has 2 N–H and O–H groups in total. The fourth-order valence-corrected chi connectivity index (χ4v) is 3.44. The molecule has 3 heteroatoms. The molecule has 1 unspecified atom stereocenters. The van der Waals surface area contributed by atoms with Crippen molar-refractivity contribution in [1.82, 2.24) is 4.90 Å². The summed E-state index contributed by atoms with van der Waals surface area (Å²) in [7, 11) is 0. The minimum Gasteiger partial charge on any atom is -0.508 e. The molecule has 1 saturated heterocycles. The summed E-state index contributed by atoms with van der Waals surface area (Å²) in [5.74, 6) is 0.759. The van der Waals surface area contributed by atoms with Gasteiger partial charge in [-0.15, -0.1) is 0 Å². The molecular weight excluding hydrogens is 286 g/mol. The summed E-state index contributed by atoms with van der Waals surface area (Å²) in [4.78, 5) is 2.52. The molecule has 0 bridgehead atoms. The van der Waals surface area contributed by atoms with Crippen molar-refractivity contribution in [1.29, 1.82) is 0 Å². The van der Waals surface area contributed by atoms with E-state index in [9.17, 15) is 10.2 Å². The monoisotopic (exact) mass is 311 g/mol. The number of piperidine rings is 1. The molecule has 0 aromatic heterocycles. The van der Waals surface area contributed by atoms with Gasteiger partial charge in [-0.25, -0.2) is 0 Å². The number of phenolic OH excluding ortho intramolecular Hbond substituents is 1. The van der Waals surface area contributed by atoms with Crippen molar-refractivity contribution in [2.75, 3.05) is 19.7 Å². The predicted molar refractivity (Wildman–Crippen MR) is 92.4 cm³/mol. The van der Waals surface area contributed by atoms with Gasteiger partial charge in [0.15, 0.2) is 0 Å². The summed E-state index contributed by atoms with van der Waals surface area (Å²) in [5.41, 5.74) is 2.57. The first-order chi connectivity index (χ1) is 11.3. The van der Waals surface area contributed by atoms with E-state index >= 15 is 0 Å². The third kappa shape index (κ3) is 4.12. The van der Waals surface area contributed by atoms with E-state index in [0.717, 1.165) is 32.4 Å². The van der Waals surface area contributed by atoms with E-state index in [1.165, 1.54) is 11.1 Å². The lowest BCUT2D eigenvalue weighted by molar-refractivity contribution is 0.0995. The van der Waals surface area contributed by atoms with Crippen LogP contribution in [0.1, 0.15) is 30.0 Å². The standard InChI is InChI=1S/C20H25NO2/c22-15-17-10-12-21(13-11-17)20(14-16-4-2-1-3-5-16)18-6-8-19(23)9-7-18/h1-9,17,20,22-23H,10-15H2. The van der Waals surface area contributed by atoms with E-state index in [0.29, 0.717) is 24.3 Å². The SMILES string of the molecule is OCC1CCN(C(Cc2ccccc2)c2ccc(O)cc2)CC1. The molecule has 1 heterocycles. The lowest BCUT2D eigenvalue weighted by Gasteiger charge is -2.37. The maximum absolute atomic E-state index is 9.56. The van der Waals surface area contributed by atoms with Crippen molar-refractivity contribution in [3.05, 3.63) is 65.7 Å². The van der Waals surface area contributed by atoms with Crippen molar-refractivity contribution in [2.24, 2.45) is 5.92 Å². The molecule has 1 aliphatic rings. The highest BCUT2D eigenvalue weighted by Crippen LogP contribution is 2.30. The van der Waals surface area contributed by atoms with Crippen LogP contribution in [0.5, 0.6) is 5.75 Å². The average Bonchev–Trinajstić information content (AvgIpc) is 2.62. The second kappa shape index (κ2) is 7.62. The molecule has 0 spiro atoms. The molecule has 1 atom stereocenters. The quantitative estimate of drug-likeness (QED) is 0.889. The highest BCUT2D eigenvalue weighted by Gasteiger charge is 2.26. The Hall–Kier alpha value is -1.84. The molecular formula is C20H25NO2. The maximum Gasteiger partial charge on any atom is 0.115 e. The van der Waals surface area contributed by atoms with Crippen LogP contribution in [0, 0.1) is 5.92 Å². The van der Waals surface area contributed by atoms with Gasteiger partial charge in [0.1, 0.15) is 5.75 Å². The number of rotatable bonds is 5. The fraction of sp³-hybridized carbons (Fsp3) is 0.400. The Morgan fingerprint density at radius 3 is 2.22 bits per heavy atom. The van der Waals surface area contributed by atoms with Crippen LogP contribution in [0.25, 0.3) is 0 Å². The summed E-state index contributed by atoms with van der Waals surface area (Å²) in [6.45, 7) is 2.34. The highest BCUT2D eigenvalue weighted by molar-refractivity contribution is 5.30. The number of likely N-dealkylation sites (tertiary alicyclic amines) is 1. The van der Waals surface area contributed by atoms with Gasteiger partial charge in [-0.1, -0.05) is 42.5 Å². The van der Waals surface area contributed by atoms with Crippen LogP contribution in [0.15, 0.2) is 54.6 Å². The molecule has 1 fully saturated rings. The van der Waals surface area contributed by atoms with Gasteiger partial charge >= 0.3 is 0 Å². The minimum atomic E-state index is 0.302. The lowest BCUT2D eigenvalue weighted by Crippen LogP contribution is -2.38. The summed E-state index contributed by atoms with van der Waals surface area (Å²) >= 11 is 0. The Morgan fingerprint density at radius 1 is 0.957 bits per heavy atom. The molecule has 3 rings (SSSR count). The first-order valence-corrected chi connectivity index (χ1v) is 8.44. The van der Waals surface area contributed by atoms with Crippen LogP contribution < -0.4 is 0 Å². The number of aromatic hydroxyl groups is 1. The molecule has 1 aliphatic heterocycles. The van der Waals surface area contributed by atoms with E-state index in [2.05, 4.69) is 29.2 Å². The molecule has 0 amide bonds. The first kappa shape index (κ1) is 16.0. The second-order valence-corrected chi connectivity index (χ2v) is 6.46. The number of aliphatic hydroxyl groups excluding tert-OH is 1. The Kier molecular flexibility index (Phi) is 5.31. The van der Waals surface area contributed by atoms with Crippen molar-refractivity contribution in [3.8, 4) is 5.75 Å². The third-order valence-corrected chi connectivity index (χ3v) is 4.90. The molecule has 0 radical (unpaired) electrons.